The summed E-state index contributed by atoms with van der Waals surface area (Å²) in [4.78, 5) is 53.9. The fourth-order valence-corrected chi connectivity index (χ4v) is 4.00. The predicted octanol–water partition coefficient (Wildman–Crippen LogP) is 3.39. The molecule has 1 radical (unpaired) electrons. The van der Waals surface area contributed by atoms with Crippen molar-refractivity contribution in [2.24, 2.45) is 9.98 Å². The molecule has 0 aliphatic rings. The molecule has 0 spiro atoms. The van der Waals surface area contributed by atoms with Crippen molar-refractivity contribution in [2.45, 2.75) is 0 Å². The molecular formula is C26H16CuN2O6S2. The van der Waals surface area contributed by atoms with E-state index in [4.69, 9.17) is 0 Å². The van der Waals surface area contributed by atoms with Crippen LogP contribution >= 0.6 is 22.7 Å². The summed E-state index contributed by atoms with van der Waals surface area (Å²) in [5.74, 6) is -3.13. The Bertz CT molecular complexity index is 1320. The number of rotatable bonds is 8. The van der Waals surface area contributed by atoms with Crippen LogP contribution < -0.4 is 10.2 Å². The number of thiophene rings is 2. The molecule has 0 unspecified atom stereocenters. The fourth-order valence-electron chi connectivity index (χ4n) is 2.74. The molecule has 0 bridgehead atoms. The van der Waals surface area contributed by atoms with Crippen LogP contribution in [0.5, 0.6) is 0 Å². The number of ketones is 2. The number of benzene rings is 2. The summed E-state index contributed by atoms with van der Waals surface area (Å²) in [5.41, 5.74) is 0.352. The zero-order valence-electron chi connectivity index (χ0n) is 18.7. The van der Waals surface area contributed by atoms with Crippen LogP contribution in [-0.2, 0) is 17.1 Å². The second kappa shape index (κ2) is 14.5. The van der Waals surface area contributed by atoms with Gasteiger partial charge in [0.05, 0.1) is 45.5 Å². The number of carboxylic acids is 2. The van der Waals surface area contributed by atoms with Gasteiger partial charge in [-0.2, -0.15) is 0 Å². The van der Waals surface area contributed by atoms with Gasteiger partial charge in [0.2, 0.25) is 11.6 Å². The number of nitrogens with zero attached hydrogens (tertiary/aromatic N) is 2. The molecule has 2 heterocycles. The molecule has 0 amide bonds. The van der Waals surface area contributed by atoms with E-state index >= 15 is 0 Å². The Morgan fingerprint density at radius 1 is 0.595 bits per heavy atom. The first-order chi connectivity index (χ1) is 17.4. The molecule has 0 atom stereocenters. The van der Waals surface area contributed by atoms with E-state index < -0.39 is 11.9 Å². The van der Waals surface area contributed by atoms with Crippen molar-refractivity contribution in [3.63, 3.8) is 0 Å². The Balaban J connectivity index is 0.000000253. The molecule has 0 N–H and O–H groups in total. The van der Waals surface area contributed by atoms with E-state index in [2.05, 4.69) is 9.98 Å². The van der Waals surface area contributed by atoms with Crippen LogP contribution in [-0.4, -0.2) is 35.9 Å². The summed E-state index contributed by atoms with van der Waals surface area (Å²) in [6, 6.07) is 19.1. The van der Waals surface area contributed by atoms with Gasteiger partial charge in [0.15, 0.2) is 0 Å². The fraction of sp³-hybridized carbons (Fsp3) is 0. The Labute approximate surface area is 230 Å². The molecule has 0 aliphatic heterocycles. The van der Waals surface area contributed by atoms with Crippen LogP contribution in [0.15, 0.2) is 93.5 Å². The number of hydrogen-bond acceptors (Lipinski definition) is 10. The summed E-state index contributed by atoms with van der Waals surface area (Å²) >= 11 is 2.61. The van der Waals surface area contributed by atoms with Gasteiger partial charge >= 0.3 is 17.1 Å². The van der Waals surface area contributed by atoms with Gasteiger partial charge in [-0.1, -0.05) is 48.5 Å². The number of para-hydroxylation sites is 2. The van der Waals surface area contributed by atoms with Crippen LogP contribution in [0.3, 0.4) is 0 Å². The summed E-state index contributed by atoms with van der Waals surface area (Å²) in [7, 11) is 0. The second-order valence-electron chi connectivity index (χ2n) is 6.81. The molecule has 2 aromatic heterocycles. The molecule has 0 saturated carbocycles. The molecule has 0 fully saturated rings. The Morgan fingerprint density at radius 2 is 0.973 bits per heavy atom. The van der Waals surface area contributed by atoms with E-state index in [1.807, 2.05) is 0 Å². The van der Waals surface area contributed by atoms with Crippen molar-refractivity contribution >= 4 is 70.0 Å². The number of carbonyl (C=O) groups excluding carboxylic acids is 4. The minimum atomic E-state index is -1.31. The monoisotopic (exact) mass is 579 g/mol. The van der Waals surface area contributed by atoms with E-state index in [0.717, 1.165) is 12.4 Å². The molecule has 0 aliphatic carbocycles. The average Bonchev–Trinajstić information content (AvgIpc) is 3.61. The average molecular weight is 580 g/mol. The minimum absolute atomic E-state index is 0. The number of hydrogen-bond donors (Lipinski definition) is 0. The SMILES string of the molecule is O=C(C=Nc1ccccc1C(=O)[O-])c1cccs1.O=C(C=Nc1ccccc1C(=O)[O-])c1cccs1.[Cu+2]. The van der Waals surface area contributed by atoms with Gasteiger partial charge in [-0.15, -0.1) is 22.7 Å². The molecule has 189 valence electrons. The van der Waals surface area contributed by atoms with Crippen molar-refractivity contribution in [3.05, 3.63) is 104 Å². The van der Waals surface area contributed by atoms with Crippen LogP contribution in [0.1, 0.15) is 40.1 Å². The van der Waals surface area contributed by atoms with E-state index in [0.29, 0.717) is 9.75 Å². The van der Waals surface area contributed by atoms with Crippen molar-refractivity contribution < 1.29 is 46.5 Å². The number of Topliss-reactive ketones (excluding diaryl/α,β-unsaturated/α-hetero) is 2. The maximum atomic E-state index is 11.7. The summed E-state index contributed by atoms with van der Waals surface area (Å²) in [6.07, 6.45) is 2.24. The normalized spacial score (nSPS) is 10.4. The van der Waals surface area contributed by atoms with Crippen LogP contribution in [0, 0.1) is 0 Å². The number of aromatic carboxylic acids is 2. The van der Waals surface area contributed by atoms with Gasteiger partial charge in [-0.05, 0) is 35.0 Å². The van der Waals surface area contributed by atoms with Gasteiger partial charge in [0, 0.05) is 11.1 Å². The molecule has 37 heavy (non-hydrogen) atoms. The van der Waals surface area contributed by atoms with E-state index in [1.165, 1.54) is 46.9 Å². The third-order valence-corrected chi connectivity index (χ3v) is 6.19. The standard InChI is InChI=1S/2C13H9NO3S.Cu/c2*15-11(12-6-3-7-18-12)8-14-10-5-2-1-4-9(10)13(16)17;/h2*1-8H,(H,16,17);/q;;+2/p-2. The molecule has 2 aromatic carbocycles. The minimum Gasteiger partial charge on any atom is -0.545 e. The third kappa shape index (κ3) is 8.55. The van der Waals surface area contributed by atoms with Crippen LogP contribution in [0.4, 0.5) is 11.4 Å². The summed E-state index contributed by atoms with van der Waals surface area (Å²) in [6.45, 7) is 0. The molecule has 0 saturated heterocycles. The molecule has 4 rings (SSSR count). The van der Waals surface area contributed by atoms with Gasteiger partial charge in [0.1, 0.15) is 0 Å². The van der Waals surface area contributed by atoms with Gasteiger partial charge < -0.3 is 19.8 Å². The first kappa shape index (κ1) is 29.2. The third-order valence-electron chi connectivity index (χ3n) is 4.42. The second-order valence-corrected chi connectivity index (χ2v) is 8.70. The van der Waals surface area contributed by atoms with E-state index in [-0.39, 0.29) is 51.1 Å². The Hall–Kier alpha value is -4.02. The summed E-state index contributed by atoms with van der Waals surface area (Å²) in [5, 5.41) is 25.2. The zero-order valence-corrected chi connectivity index (χ0v) is 21.3. The molecule has 8 nitrogen and oxygen atoms in total. The van der Waals surface area contributed by atoms with E-state index in [1.54, 1.807) is 59.3 Å². The zero-order chi connectivity index (χ0) is 25.9. The molecular weight excluding hydrogens is 564 g/mol. The van der Waals surface area contributed by atoms with Crippen LogP contribution in [0.25, 0.3) is 0 Å². The quantitative estimate of drug-likeness (QED) is 0.178. The van der Waals surface area contributed by atoms with Gasteiger partial charge in [0.25, 0.3) is 0 Å². The van der Waals surface area contributed by atoms with Crippen molar-refractivity contribution in [1.29, 1.82) is 0 Å². The van der Waals surface area contributed by atoms with Gasteiger partial charge in [-0.3, -0.25) is 19.6 Å². The molecule has 11 heteroatoms. The molecule has 4 aromatic rings. The van der Waals surface area contributed by atoms with Crippen molar-refractivity contribution in [3.8, 4) is 0 Å². The first-order valence-electron chi connectivity index (χ1n) is 10.2. The van der Waals surface area contributed by atoms with Crippen molar-refractivity contribution in [2.75, 3.05) is 0 Å². The van der Waals surface area contributed by atoms with E-state index in [9.17, 15) is 29.4 Å². The Kier molecular flexibility index (Phi) is 11.5. The number of carboxylic acid groups (broad SMARTS) is 2. The topological polar surface area (TPSA) is 139 Å². The largest absolute Gasteiger partial charge is 2.00 e. The smallest absolute Gasteiger partial charge is 0.545 e. The number of aliphatic imine (C=N–C) groups is 2. The first-order valence-corrected chi connectivity index (χ1v) is 12.0. The van der Waals surface area contributed by atoms with Crippen LogP contribution in [0.2, 0.25) is 0 Å². The van der Waals surface area contributed by atoms with Gasteiger partial charge in [-0.25, -0.2) is 0 Å². The maximum Gasteiger partial charge on any atom is 2.00 e. The Morgan fingerprint density at radius 3 is 1.30 bits per heavy atom. The predicted molar refractivity (Wildman–Crippen MR) is 135 cm³/mol. The maximum absolute atomic E-state index is 11.7. The van der Waals surface area contributed by atoms with Crippen molar-refractivity contribution in [1.82, 2.24) is 0 Å². The number of carbonyl (C=O) groups is 4. The summed E-state index contributed by atoms with van der Waals surface area (Å²) < 4.78 is 0.